The van der Waals surface area contributed by atoms with E-state index in [1.54, 1.807) is 59.7 Å². The molecule has 8 heteroatoms. The van der Waals surface area contributed by atoms with Gasteiger partial charge in [0.1, 0.15) is 23.0 Å². The highest BCUT2D eigenvalue weighted by Crippen LogP contribution is 2.79. The molecular weight excluding hydrogens is 1100 g/mol. The van der Waals surface area contributed by atoms with Gasteiger partial charge in [-0.15, -0.1) is 24.8 Å². The second-order valence-electron chi connectivity index (χ2n) is 31.8. The number of halogens is 2. The second kappa shape index (κ2) is 20.0. The first-order valence-electron chi connectivity index (χ1n) is 33.3. The van der Waals surface area contributed by atoms with Crippen LogP contribution in [0.4, 0.5) is 0 Å². The Morgan fingerprint density at radius 3 is 0.953 bits per heavy atom. The molecule has 0 aliphatic heterocycles. The van der Waals surface area contributed by atoms with Crippen molar-refractivity contribution in [2.24, 2.45) is 80.8 Å². The number of rotatable bonds is 13. The average Bonchev–Trinajstić information content (AvgIpc) is 0.695. The number of para-hydroxylation sites is 2. The molecule has 16 saturated carbocycles. The summed E-state index contributed by atoms with van der Waals surface area (Å²) in [4.78, 5) is 24.0. The van der Waals surface area contributed by atoms with Crippen molar-refractivity contribution in [3.8, 4) is 56.4 Å². The van der Waals surface area contributed by atoms with Gasteiger partial charge in [0.15, 0.2) is 0 Å². The second-order valence-corrected chi connectivity index (χ2v) is 31.8. The fourth-order valence-electron chi connectivity index (χ4n) is 25.8. The molecule has 6 aromatic rings. The third-order valence-corrected chi connectivity index (χ3v) is 27.0. The van der Waals surface area contributed by atoms with E-state index in [9.17, 15) is 19.8 Å². The predicted molar refractivity (Wildman–Crippen MR) is 343 cm³/mol. The van der Waals surface area contributed by atoms with Crippen LogP contribution in [0.1, 0.15) is 186 Å². The Morgan fingerprint density at radius 2 is 0.628 bits per heavy atom. The van der Waals surface area contributed by atoms with Gasteiger partial charge < -0.3 is 19.7 Å². The Morgan fingerprint density at radius 1 is 0.326 bits per heavy atom. The van der Waals surface area contributed by atoms with E-state index in [1.165, 1.54) is 165 Å². The molecule has 86 heavy (non-hydrogen) atoms. The third-order valence-electron chi connectivity index (χ3n) is 27.0. The van der Waals surface area contributed by atoms with Crippen molar-refractivity contribution in [2.45, 2.75) is 165 Å². The molecule has 0 radical (unpaired) electrons. The predicted octanol–water partition coefficient (Wildman–Crippen LogP) is 20.6. The molecule has 16 aliphatic rings. The van der Waals surface area contributed by atoms with E-state index >= 15 is 0 Å². The topological polar surface area (TPSA) is 93.1 Å². The van der Waals surface area contributed by atoms with Gasteiger partial charge in [-0.1, -0.05) is 60.7 Å². The van der Waals surface area contributed by atoms with Gasteiger partial charge in [-0.25, -0.2) is 9.59 Å². The van der Waals surface area contributed by atoms with E-state index < -0.39 is 11.9 Å². The van der Waals surface area contributed by atoms with Gasteiger partial charge in [0.2, 0.25) is 0 Å². The van der Waals surface area contributed by atoms with Gasteiger partial charge in [0.25, 0.3) is 0 Å². The Labute approximate surface area is 520 Å². The largest absolute Gasteiger partial charge is 0.478 e. The van der Waals surface area contributed by atoms with Gasteiger partial charge in [-0.3, -0.25) is 0 Å². The molecule has 0 heterocycles. The molecule has 0 amide bonds. The molecule has 2 N–H and O–H groups in total. The van der Waals surface area contributed by atoms with Crippen molar-refractivity contribution in [2.75, 3.05) is 0 Å². The summed E-state index contributed by atoms with van der Waals surface area (Å²) in [5.41, 5.74) is 12.5. The number of aromatic carboxylic acids is 2. The highest BCUT2D eigenvalue weighted by Gasteiger charge is 2.70. The van der Waals surface area contributed by atoms with Crippen molar-refractivity contribution >= 4 is 36.8 Å². The molecule has 22 rings (SSSR count). The number of ether oxygens (including phenoxy) is 2. The summed E-state index contributed by atoms with van der Waals surface area (Å²) in [6.45, 7) is 0. The maximum atomic E-state index is 12.0. The zero-order chi connectivity index (χ0) is 56.0. The van der Waals surface area contributed by atoms with Crippen LogP contribution < -0.4 is 9.47 Å². The minimum atomic E-state index is -0.952. The normalized spacial score (nSPS) is 38.3. The molecule has 16 aliphatic carbocycles. The van der Waals surface area contributed by atoms with Crippen LogP contribution in [0.15, 0.2) is 133 Å². The molecule has 0 saturated heterocycles. The van der Waals surface area contributed by atoms with Crippen LogP contribution in [-0.2, 0) is 10.8 Å². The summed E-state index contributed by atoms with van der Waals surface area (Å²) >= 11 is 0. The van der Waals surface area contributed by atoms with Crippen LogP contribution in [0.2, 0.25) is 0 Å². The van der Waals surface area contributed by atoms with Crippen molar-refractivity contribution in [1.29, 1.82) is 0 Å². The van der Waals surface area contributed by atoms with Gasteiger partial charge >= 0.3 is 11.9 Å². The summed E-state index contributed by atoms with van der Waals surface area (Å²) in [6, 6.07) is 46.3. The SMILES string of the molecule is Cl.Cl.O=C(O)c1ccc(Oc2ccccc2-c2ccc(C34CC5CC(C3)CC(C36CC7CC(CC(C7)C3)C6)(C5)C4)cc2-c2cc(C34CC5CC(C3)CC(C36CC7CC(CC(C7)C3)C6)(C5)C4)ccc2-c2ccccc2Oc2ccc(C(=O)O)cc2)cc1. The van der Waals surface area contributed by atoms with Gasteiger partial charge in [-0.2, -0.15) is 0 Å². The fraction of sp³-hybridized carbons (Fsp3) is 0.513. The van der Waals surface area contributed by atoms with Crippen LogP contribution in [0.3, 0.4) is 0 Å². The Hall–Kier alpha value is -5.56. The van der Waals surface area contributed by atoms with Crippen molar-refractivity contribution in [3.05, 3.63) is 156 Å². The maximum absolute atomic E-state index is 12.0. The van der Waals surface area contributed by atoms with Crippen molar-refractivity contribution in [1.82, 2.24) is 0 Å². The standard InChI is InChI=1S/C78H82O6.2ClH/c79-71(80)57-9-15-61(16-10-57)83-69-7-3-1-5-65(69)63-19-13-59(73-31-53-27-54(32-73)42-77(41-53,45-73)75-35-47-21-48(36-75)23-49(22-47)37-75)29-67(63)68-30-60(14-20-64(68)66-6-2-4-8-70(66)84-62-17-11-58(12-18-62)72(81)82)74-33-55-28-56(34-74)44-78(43-55,46-74)76-38-50-24-51(39-76)26-52(25-50)40-76;;/h1-20,29-30,47-56H,21-28,31-46H2,(H,79,80)(H,81,82);2*1H. The van der Waals surface area contributed by atoms with Crippen LogP contribution in [0, 0.1) is 80.8 Å². The lowest BCUT2D eigenvalue weighted by atomic mass is 9.32. The monoisotopic (exact) mass is 1190 g/mol. The number of benzene rings is 6. The van der Waals surface area contributed by atoms with Crippen molar-refractivity contribution in [3.63, 3.8) is 0 Å². The summed E-state index contributed by atoms with van der Waals surface area (Å²) in [6.07, 6.45) is 34.4. The number of carbonyl (C=O) groups is 2. The molecule has 4 atom stereocenters. The molecule has 16 fully saturated rings. The zero-order valence-electron chi connectivity index (χ0n) is 49.8. The van der Waals surface area contributed by atoms with Crippen LogP contribution >= 0.6 is 24.8 Å². The summed E-state index contributed by atoms with van der Waals surface area (Å²) < 4.78 is 13.8. The van der Waals surface area contributed by atoms with Gasteiger partial charge in [-0.05, 0) is 352 Å². The molecule has 6 nitrogen and oxygen atoms in total. The van der Waals surface area contributed by atoms with Gasteiger partial charge in [0, 0.05) is 11.1 Å². The summed E-state index contributed by atoms with van der Waals surface area (Å²) in [5, 5.41) is 19.7. The van der Waals surface area contributed by atoms with Gasteiger partial charge in [0.05, 0.1) is 11.1 Å². The zero-order valence-corrected chi connectivity index (χ0v) is 51.4. The van der Waals surface area contributed by atoms with Crippen LogP contribution in [0.25, 0.3) is 33.4 Å². The minimum Gasteiger partial charge on any atom is -0.478 e. The fourth-order valence-corrected chi connectivity index (χ4v) is 25.8. The van der Waals surface area contributed by atoms with Crippen LogP contribution in [-0.4, -0.2) is 22.2 Å². The van der Waals surface area contributed by atoms with E-state index in [2.05, 4.69) is 84.9 Å². The molecule has 0 aromatic heterocycles. The van der Waals surface area contributed by atoms with E-state index in [-0.39, 0.29) is 46.8 Å². The van der Waals surface area contributed by atoms with E-state index in [1.807, 2.05) is 0 Å². The third kappa shape index (κ3) is 8.56. The average molecular weight is 1190 g/mol. The first kappa shape index (κ1) is 55.7. The Balaban J connectivity index is 0.00000300. The molecule has 6 aromatic carbocycles. The smallest absolute Gasteiger partial charge is 0.335 e. The van der Waals surface area contributed by atoms with E-state index in [0.717, 1.165) is 92.9 Å². The Bertz CT molecular complexity index is 3350. The highest BCUT2D eigenvalue weighted by molar-refractivity contribution is 5.95. The van der Waals surface area contributed by atoms with E-state index in [0.29, 0.717) is 33.2 Å². The number of hydrogen-bond acceptors (Lipinski definition) is 4. The lowest BCUT2D eigenvalue weighted by molar-refractivity contribution is -0.205. The maximum Gasteiger partial charge on any atom is 0.335 e. The first-order valence-corrected chi connectivity index (χ1v) is 33.3. The molecule has 446 valence electrons. The first-order chi connectivity index (χ1) is 40.8. The van der Waals surface area contributed by atoms with Crippen molar-refractivity contribution < 1.29 is 29.3 Å². The Kier molecular flexibility index (Phi) is 12.9. The van der Waals surface area contributed by atoms with E-state index in [4.69, 9.17) is 9.47 Å². The molecule has 16 bridgehead atoms. The molecular formula is C78H84Cl2O6. The van der Waals surface area contributed by atoms with Crippen LogP contribution in [0.5, 0.6) is 23.0 Å². The molecule has 4 unspecified atom stereocenters. The summed E-state index contributed by atoms with van der Waals surface area (Å²) in [5.74, 6) is 9.62. The lowest BCUT2D eigenvalue weighted by Gasteiger charge is -2.72. The highest BCUT2D eigenvalue weighted by atomic mass is 35.5. The minimum absolute atomic E-state index is 0. The number of hydrogen-bond donors (Lipinski definition) is 2. The summed E-state index contributed by atoms with van der Waals surface area (Å²) in [7, 11) is 0. The quantitative estimate of drug-likeness (QED) is 0.120. The number of carboxylic acids is 2. The molecule has 0 spiro atoms. The lowest BCUT2D eigenvalue weighted by Crippen LogP contribution is -2.63. The number of carboxylic acid groups (broad SMARTS) is 2.